The van der Waals surface area contributed by atoms with Crippen molar-refractivity contribution >= 4 is 21.8 Å². The third-order valence-corrected chi connectivity index (χ3v) is 2.99. The molecule has 0 spiro atoms. The molecule has 1 aromatic carbocycles. The Morgan fingerprint density at radius 1 is 1.26 bits per heavy atom. The summed E-state index contributed by atoms with van der Waals surface area (Å²) in [5.74, 6) is -0.745. The molecule has 0 radical (unpaired) electrons. The van der Waals surface area contributed by atoms with Crippen LogP contribution in [-0.2, 0) is 6.54 Å². The van der Waals surface area contributed by atoms with Gasteiger partial charge < -0.3 is 10.4 Å². The second kappa shape index (κ2) is 5.71. The molecule has 0 bridgehead atoms. The molecule has 1 heterocycles. The molecule has 0 atom stereocenters. The van der Waals surface area contributed by atoms with E-state index in [1.807, 2.05) is 24.3 Å². The molecule has 1 amide bonds. The van der Waals surface area contributed by atoms with Crippen molar-refractivity contribution in [1.29, 1.82) is 0 Å². The number of halogens is 1. The highest BCUT2D eigenvalue weighted by molar-refractivity contribution is 9.10. The van der Waals surface area contributed by atoms with Crippen LogP contribution < -0.4 is 10.9 Å². The zero-order valence-electron chi connectivity index (χ0n) is 9.81. The van der Waals surface area contributed by atoms with Crippen LogP contribution in [0.2, 0.25) is 0 Å². The highest BCUT2D eigenvalue weighted by Crippen LogP contribution is 2.10. The molecule has 1 aromatic heterocycles. The Bertz CT molecular complexity index is 650. The Labute approximate surface area is 117 Å². The molecule has 0 saturated carbocycles. The van der Waals surface area contributed by atoms with E-state index in [-0.39, 0.29) is 11.4 Å². The number of nitrogens with one attached hydrogen (secondary N) is 2. The molecule has 0 saturated heterocycles. The third kappa shape index (κ3) is 3.69. The van der Waals surface area contributed by atoms with Gasteiger partial charge >= 0.3 is 0 Å². The number of rotatable bonds is 3. The number of pyridine rings is 1. The summed E-state index contributed by atoms with van der Waals surface area (Å²) in [6.45, 7) is 0.347. The summed E-state index contributed by atoms with van der Waals surface area (Å²) in [6, 6.07) is 9.84. The molecule has 3 N–H and O–H groups in total. The summed E-state index contributed by atoms with van der Waals surface area (Å²) < 4.78 is 0.960. The van der Waals surface area contributed by atoms with Crippen LogP contribution in [0.1, 0.15) is 15.9 Å². The largest absolute Gasteiger partial charge is 0.494 e. The molecule has 2 rings (SSSR count). The number of aromatic hydroxyl groups is 1. The third-order valence-electron chi connectivity index (χ3n) is 2.46. The minimum atomic E-state index is -0.520. The number of carbonyl (C=O) groups is 1. The normalized spacial score (nSPS) is 10.2. The molecule has 19 heavy (non-hydrogen) atoms. The van der Waals surface area contributed by atoms with Crippen molar-refractivity contribution in [3.05, 3.63) is 62.4 Å². The van der Waals surface area contributed by atoms with Gasteiger partial charge in [0.2, 0.25) is 0 Å². The number of aromatic nitrogens is 1. The summed E-state index contributed by atoms with van der Waals surface area (Å²) in [4.78, 5) is 25.1. The van der Waals surface area contributed by atoms with E-state index in [0.29, 0.717) is 6.54 Å². The Balaban J connectivity index is 2.05. The molecule has 0 fully saturated rings. The molecular weight excluding hydrogens is 312 g/mol. The molecule has 5 nitrogen and oxygen atoms in total. The van der Waals surface area contributed by atoms with Gasteiger partial charge in [-0.1, -0.05) is 28.1 Å². The van der Waals surface area contributed by atoms with Gasteiger partial charge in [-0.2, -0.15) is 0 Å². The van der Waals surface area contributed by atoms with Crippen LogP contribution in [0, 0.1) is 0 Å². The molecule has 0 aliphatic heterocycles. The average molecular weight is 323 g/mol. The fourth-order valence-electron chi connectivity index (χ4n) is 1.55. The second-order valence-corrected chi connectivity index (χ2v) is 4.84. The highest BCUT2D eigenvalue weighted by Gasteiger charge is 2.07. The van der Waals surface area contributed by atoms with Crippen molar-refractivity contribution in [1.82, 2.24) is 10.3 Å². The van der Waals surface area contributed by atoms with E-state index in [9.17, 15) is 14.7 Å². The van der Waals surface area contributed by atoms with Gasteiger partial charge in [0.25, 0.3) is 11.5 Å². The maximum Gasteiger partial charge on any atom is 0.251 e. The van der Waals surface area contributed by atoms with Crippen molar-refractivity contribution in [3.63, 3.8) is 0 Å². The van der Waals surface area contributed by atoms with Gasteiger partial charge in [-0.25, -0.2) is 0 Å². The van der Waals surface area contributed by atoms with Crippen molar-refractivity contribution in [2.24, 2.45) is 0 Å². The minimum Gasteiger partial charge on any atom is -0.494 e. The summed E-state index contributed by atoms with van der Waals surface area (Å²) in [7, 11) is 0. The smallest absolute Gasteiger partial charge is 0.251 e. The Kier molecular flexibility index (Phi) is 4.01. The first-order valence-corrected chi connectivity index (χ1v) is 6.30. The summed E-state index contributed by atoms with van der Waals surface area (Å²) in [6.07, 6.45) is 0. The number of benzene rings is 1. The number of carbonyl (C=O) groups excluding carboxylic acids is 1. The number of aromatic amines is 1. The molecule has 0 aliphatic rings. The first-order chi connectivity index (χ1) is 9.04. The first-order valence-electron chi connectivity index (χ1n) is 5.50. The van der Waals surface area contributed by atoms with E-state index < -0.39 is 11.5 Å². The fraction of sp³-hybridized carbons (Fsp3) is 0.0769. The van der Waals surface area contributed by atoms with Crippen LogP contribution in [0.15, 0.2) is 45.7 Å². The van der Waals surface area contributed by atoms with Gasteiger partial charge in [-0.3, -0.25) is 14.6 Å². The van der Waals surface area contributed by atoms with Gasteiger partial charge in [0.15, 0.2) is 5.88 Å². The summed E-state index contributed by atoms with van der Waals surface area (Å²) >= 11 is 3.32. The SMILES string of the molecule is O=C(NCc1ccc(Br)cc1)c1cc(O)[nH]c(=O)c1. The van der Waals surface area contributed by atoms with Crippen LogP contribution in [0.25, 0.3) is 0 Å². The average Bonchev–Trinajstić information content (AvgIpc) is 2.36. The highest BCUT2D eigenvalue weighted by atomic mass is 79.9. The first kappa shape index (κ1) is 13.4. The Morgan fingerprint density at radius 2 is 1.95 bits per heavy atom. The van der Waals surface area contributed by atoms with E-state index in [2.05, 4.69) is 26.2 Å². The predicted molar refractivity (Wildman–Crippen MR) is 74.0 cm³/mol. The topological polar surface area (TPSA) is 82.2 Å². The Hall–Kier alpha value is -2.08. The maximum atomic E-state index is 11.8. The number of H-pyrrole nitrogens is 1. The van der Waals surface area contributed by atoms with Crippen molar-refractivity contribution in [2.75, 3.05) is 0 Å². The monoisotopic (exact) mass is 322 g/mol. The predicted octanol–water partition coefficient (Wildman–Crippen LogP) is 1.77. The van der Waals surface area contributed by atoms with E-state index >= 15 is 0 Å². The van der Waals surface area contributed by atoms with Gasteiger partial charge in [-0.05, 0) is 17.7 Å². The molecule has 0 aliphatic carbocycles. The fourth-order valence-corrected chi connectivity index (χ4v) is 1.81. The van der Waals surface area contributed by atoms with E-state index in [4.69, 9.17) is 0 Å². The molecule has 6 heteroatoms. The van der Waals surface area contributed by atoms with Crippen molar-refractivity contribution in [2.45, 2.75) is 6.54 Å². The van der Waals surface area contributed by atoms with E-state index in [1.165, 1.54) is 6.07 Å². The number of hydrogen-bond donors (Lipinski definition) is 3. The molecular formula is C13H11BrN2O3. The summed E-state index contributed by atoms with van der Waals surface area (Å²) in [5.41, 5.74) is 0.540. The van der Waals surface area contributed by atoms with E-state index in [0.717, 1.165) is 16.1 Å². The van der Waals surface area contributed by atoms with Gasteiger partial charge in [0.1, 0.15) is 0 Å². The zero-order chi connectivity index (χ0) is 13.8. The van der Waals surface area contributed by atoms with Crippen molar-refractivity contribution in [3.8, 4) is 5.88 Å². The second-order valence-electron chi connectivity index (χ2n) is 3.93. The molecule has 98 valence electrons. The lowest BCUT2D eigenvalue weighted by Gasteiger charge is -2.05. The standard InChI is InChI=1S/C13H11BrN2O3/c14-10-3-1-8(2-4-10)7-15-13(19)9-5-11(17)16-12(18)6-9/h1-6H,7H2,(H,15,19)(H2,16,17,18). The molecule has 0 unspecified atom stereocenters. The van der Waals surface area contributed by atoms with Gasteiger partial charge in [0, 0.05) is 23.2 Å². The lowest BCUT2D eigenvalue weighted by atomic mass is 10.2. The lowest BCUT2D eigenvalue weighted by Crippen LogP contribution is -2.24. The van der Waals surface area contributed by atoms with Crippen LogP contribution in [0.5, 0.6) is 5.88 Å². The van der Waals surface area contributed by atoms with Crippen LogP contribution in [0.4, 0.5) is 0 Å². The zero-order valence-corrected chi connectivity index (χ0v) is 11.4. The quantitative estimate of drug-likeness (QED) is 0.805. The van der Waals surface area contributed by atoms with E-state index in [1.54, 1.807) is 0 Å². The number of hydrogen-bond acceptors (Lipinski definition) is 3. The lowest BCUT2D eigenvalue weighted by molar-refractivity contribution is 0.0950. The van der Waals surface area contributed by atoms with Crippen LogP contribution >= 0.6 is 15.9 Å². The Morgan fingerprint density at radius 3 is 2.58 bits per heavy atom. The maximum absolute atomic E-state index is 11.8. The van der Waals surface area contributed by atoms with Crippen LogP contribution in [-0.4, -0.2) is 16.0 Å². The van der Waals surface area contributed by atoms with Crippen molar-refractivity contribution < 1.29 is 9.90 Å². The number of amides is 1. The minimum absolute atomic E-state index is 0.123. The summed E-state index contributed by atoms with van der Waals surface area (Å²) in [5, 5.41) is 11.9. The molecule has 2 aromatic rings. The van der Waals surface area contributed by atoms with Gasteiger partial charge in [0.05, 0.1) is 5.56 Å². The van der Waals surface area contributed by atoms with Crippen LogP contribution in [0.3, 0.4) is 0 Å². The van der Waals surface area contributed by atoms with Gasteiger partial charge in [-0.15, -0.1) is 0 Å².